The Labute approximate surface area is 125 Å². The van der Waals surface area contributed by atoms with Gasteiger partial charge in [0.15, 0.2) is 11.6 Å². The van der Waals surface area contributed by atoms with Crippen molar-refractivity contribution in [2.45, 2.75) is 25.4 Å². The van der Waals surface area contributed by atoms with Crippen LogP contribution in [-0.4, -0.2) is 18.6 Å². The van der Waals surface area contributed by atoms with Crippen molar-refractivity contribution in [2.24, 2.45) is 10.7 Å². The Morgan fingerprint density at radius 1 is 1.43 bits per heavy atom. The molecule has 0 saturated heterocycles. The van der Waals surface area contributed by atoms with Crippen LogP contribution in [0.3, 0.4) is 0 Å². The van der Waals surface area contributed by atoms with Gasteiger partial charge in [0.2, 0.25) is 0 Å². The normalized spacial score (nSPS) is 20.2. The predicted molar refractivity (Wildman–Crippen MR) is 75.4 cm³/mol. The Kier molecular flexibility index (Phi) is 4.46. The zero-order valence-corrected chi connectivity index (χ0v) is 12.0. The number of allylic oxidation sites excluding steroid dienone is 4. The summed E-state index contributed by atoms with van der Waals surface area (Å²) in [5, 5.41) is 0.301. The maximum absolute atomic E-state index is 12.8. The summed E-state index contributed by atoms with van der Waals surface area (Å²) in [6.45, 7) is 2.31. The number of alkyl halides is 3. The molecule has 2 rings (SSSR count). The SMILES string of the molecule is CCN=C(N)c1ccc(C2CC(C(F)(F)F)=CC=C2Cl)o1. The van der Waals surface area contributed by atoms with Crippen molar-refractivity contribution in [2.75, 3.05) is 6.54 Å². The van der Waals surface area contributed by atoms with E-state index in [9.17, 15) is 13.2 Å². The molecule has 1 heterocycles. The van der Waals surface area contributed by atoms with E-state index in [0.717, 1.165) is 6.08 Å². The Balaban J connectivity index is 2.26. The van der Waals surface area contributed by atoms with Gasteiger partial charge in [0.05, 0.1) is 5.92 Å². The molecule has 0 amide bonds. The highest BCUT2D eigenvalue weighted by Gasteiger charge is 2.37. The number of nitrogens with zero attached hydrogens (tertiary/aromatic N) is 1. The minimum atomic E-state index is -4.37. The van der Waals surface area contributed by atoms with Gasteiger partial charge in [-0.15, -0.1) is 0 Å². The molecule has 3 nitrogen and oxygen atoms in total. The summed E-state index contributed by atoms with van der Waals surface area (Å²) in [5.74, 6) is 0.234. The van der Waals surface area contributed by atoms with Gasteiger partial charge in [-0.05, 0) is 31.6 Å². The summed E-state index contributed by atoms with van der Waals surface area (Å²) >= 11 is 6.01. The smallest absolute Gasteiger partial charge is 0.412 e. The van der Waals surface area contributed by atoms with Crippen molar-refractivity contribution >= 4 is 17.4 Å². The monoisotopic (exact) mass is 318 g/mol. The first-order valence-corrected chi connectivity index (χ1v) is 6.74. The first-order chi connectivity index (χ1) is 9.82. The van der Waals surface area contributed by atoms with Gasteiger partial charge in [-0.2, -0.15) is 13.2 Å². The van der Waals surface area contributed by atoms with Gasteiger partial charge in [-0.1, -0.05) is 17.7 Å². The maximum Gasteiger partial charge on any atom is 0.412 e. The second-order valence-corrected chi connectivity index (χ2v) is 5.00. The molecule has 2 N–H and O–H groups in total. The lowest BCUT2D eigenvalue weighted by Gasteiger charge is -2.21. The molecule has 1 unspecified atom stereocenters. The van der Waals surface area contributed by atoms with E-state index in [1.807, 2.05) is 6.92 Å². The highest BCUT2D eigenvalue weighted by atomic mass is 35.5. The van der Waals surface area contributed by atoms with Crippen LogP contribution in [0.4, 0.5) is 13.2 Å². The zero-order valence-electron chi connectivity index (χ0n) is 11.2. The van der Waals surface area contributed by atoms with E-state index in [1.165, 1.54) is 6.08 Å². The molecule has 114 valence electrons. The van der Waals surface area contributed by atoms with Crippen LogP contribution in [0.1, 0.15) is 30.8 Å². The third kappa shape index (κ3) is 3.50. The van der Waals surface area contributed by atoms with Crippen molar-refractivity contribution in [1.82, 2.24) is 0 Å². The number of hydrogen-bond acceptors (Lipinski definition) is 2. The van der Waals surface area contributed by atoms with Crippen LogP contribution in [0.2, 0.25) is 0 Å². The number of halogens is 4. The molecule has 0 aliphatic heterocycles. The highest BCUT2D eigenvalue weighted by Crippen LogP contribution is 2.42. The van der Waals surface area contributed by atoms with E-state index >= 15 is 0 Å². The minimum Gasteiger partial charge on any atom is -0.457 e. The van der Waals surface area contributed by atoms with Crippen molar-refractivity contribution in [1.29, 1.82) is 0 Å². The van der Waals surface area contributed by atoms with Crippen molar-refractivity contribution in [3.05, 3.63) is 46.4 Å². The van der Waals surface area contributed by atoms with Crippen molar-refractivity contribution in [3.8, 4) is 0 Å². The minimum absolute atomic E-state index is 0.214. The summed E-state index contributed by atoms with van der Waals surface area (Å²) in [6.07, 6.45) is -2.37. The van der Waals surface area contributed by atoms with Crippen LogP contribution in [0, 0.1) is 0 Å². The molecule has 0 spiro atoms. The number of hydrogen-bond donors (Lipinski definition) is 1. The molecule has 1 aromatic heterocycles. The summed E-state index contributed by atoms with van der Waals surface area (Å²) in [6, 6.07) is 3.16. The molecule has 7 heteroatoms. The molecular weight excluding hydrogens is 305 g/mol. The van der Waals surface area contributed by atoms with Gasteiger partial charge in [-0.3, -0.25) is 4.99 Å². The standard InChI is InChI=1S/C14H14ClF3N2O/c1-2-20-13(19)12-6-5-11(21-12)9-7-8(14(16,17)18)3-4-10(9)15/h3-6,9H,2,7H2,1H3,(H2,19,20). The molecule has 1 atom stereocenters. The van der Waals surface area contributed by atoms with Gasteiger partial charge >= 0.3 is 6.18 Å². The van der Waals surface area contributed by atoms with E-state index in [2.05, 4.69) is 4.99 Å². The van der Waals surface area contributed by atoms with Gasteiger partial charge in [0, 0.05) is 17.2 Å². The third-order valence-electron chi connectivity index (χ3n) is 3.12. The molecule has 0 aromatic carbocycles. The number of nitrogens with two attached hydrogens (primary N) is 1. The van der Waals surface area contributed by atoms with Crippen LogP contribution < -0.4 is 5.73 Å². The van der Waals surface area contributed by atoms with Crippen LogP contribution in [-0.2, 0) is 0 Å². The summed E-state index contributed by atoms with van der Waals surface area (Å²) in [4.78, 5) is 3.99. The van der Waals surface area contributed by atoms with E-state index < -0.39 is 17.7 Å². The lowest BCUT2D eigenvalue weighted by Crippen LogP contribution is -2.17. The van der Waals surface area contributed by atoms with Gasteiger partial charge in [0.1, 0.15) is 5.76 Å². The Morgan fingerprint density at radius 3 is 2.76 bits per heavy atom. The summed E-state index contributed by atoms with van der Waals surface area (Å²) in [7, 11) is 0. The average molecular weight is 319 g/mol. The maximum atomic E-state index is 12.8. The molecule has 1 aliphatic carbocycles. The fourth-order valence-corrected chi connectivity index (χ4v) is 2.30. The van der Waals surface area contributed by atoms with Gasteiger partial charge < -0.3 is 10.2 Å². The summed E-state index contributed by atoms with van der Waals surface area (Å²) in [5.41, 5.74) is 5.06. The molecule has 1 aromatic rings. The number of aliphatic imine (C=N–C) groups is 1. The van der Waals surface area contributed by atoms with Crippen LogP contribution in [0.5, 0.6) is 0 Å². The average Bonchev–Trinajstić information content (AvgIpc) is 2.87. The van der Waals surface area contributed by atoms with E-state index in [1.54, 1.807) is 12.1 Å². The number of furan rings is 1. The zero-order chi connectivity index (χ0) is 15.6. The summed E-state index contributed by atoms with van der Waals surface area (Å²) < 4.78 is 43.8. The van der Waals surface area contributed by atoms with E-state index in [-0.39, 0.29) is 12.3 Å². The number of amidine groups is 1. The van der Waals surface area contributed by atoms with Crippen LogP contribution >= 0.6 is 11.6 Å². The predicted octanol–water partition coefficient (Wildman–Crippen LogP) is 4.10. The molecule has 0 fully saturated rings. The largest absolute Gasteiger partial charge is 0.457 e. The molecule has 0 radical (unpaired) electrons. The van der Waals surface area contributed by atoms with Crippen molar-refractivity contribution in [3.63, 3.8) is 0 Å². The van der Waals surface area contributed by atoms with Gasteiger partial charge in [-0.25, -0.2) is 0 Å². The quantitative estimate of drug-likeness (QED) is 0.673. The fourth-order valence-electron chi connectivity index (χ4n) is 2.05. The highest BCUT2D eigenvalue weighted by molar-refractivity contribution is 6.30. The molecule has 1 aliphatic rings. The van der Waals surface area contributed by atoms with E-state index in [0.29, 0.717) is 23.1 Å². The molecule has 0 bridgehead atoms. The fraction of sp³-hybridized carbons (Fsp3) is 0.357. The topological polar surface area (TPSA) is 51.5 Å². The lowest BCUT2D eigenvalue weighted by molar-refractivity contribution is -0.0945. The third-order valence-corrected chi connectivity index (χ3v) is 3.51. The van der Waals surface area contributed by atoms with Gasteiger partial charge in [0.25, 0.3) is 0 Å². The Bertz CT molecular complexity index is 614. The number of rotatable bonds is 3. The van der Waals surface area contributed by atoms with Crippen LogP contribution in [0.15, 0.2) is 44.3 Å². The van der Waals surface area contributed by atoms with Crippen LogP contribution in [0.25, 0.3) is 0 Å². The second kappa shape index (κ2) is 5.97. The Hall–Kier alpha value is -1.69. The second-order valence-electron chi connectivity index (χ2n) is 4.56. The van der Waals surface area contributed by atoms with Crippen molar-refractivity contribution < 1.29 is 17.6 Å². The first-order valence-electron chi connectivity index (χ1n) is 6.36. The lowest BCUT2D eigenvalue weighted by atomic mass is 9.91. The van der Waals surface area contributed by atoms with E-state index in [4.69, 9.17) is 21.8 Å². The molecular formula is C14H14ClF3N2O. The molecule has 21 heavy (non-hydrogen) atoms. The first kappa shape index (κ1) is 15.7. The Morgan fingerprint density at radius 2 is 2.14 bits per heavy atom. The molecule has 0 saturated carbocycles.